The third-order valence-corrected chi connectivity index (χ3v) is 5.46. The molecule has 1 saturated carbocycles. The number of nitrogens with zero attached hydrogens (tertiary/aromatic N) is 4. The van der Waals surface area contributed by atoms with Crippen molar-refractivity contribution in [1.29, 1.82) is 0 Å². The van der Waals surface area contributed by atoms with E-state index >= 15 is 0 Å². The van der Waals surface area contributed by atoms with Crippen molar-refractivity contribution in [2.75, 3.05) is 26.2 Å². The average molecular weight is 356 g/mol. The number of carbonyl (C=O) groups excluding carboxylic acids is 1. The lowest BCUT2D eigenvalue weighted by Gasteiger charge is -2.31. The van der Waals surface area contributed by atoms with Crippen molar-refractivity contribution in [2.45, 2.75) is 32.2 Å². The first kappa shape index (κ1) is 17.0. The highest BCUT2D eigenvalue weighted by molar-refractivity contribution is 5.79. The summed E-state index contributed by atoms with van der Waals surface area (Å²) < 4.78 is 1.35. The predicted molar refractivity (Wildman–Crippen MR) is 96.9 cm³/mol. The molecule has 2 aromatic heterocycles. The summed E-state index contributed by atoms with van der Waals surface area (Å²) in [5.74, 6) is 0.552. The van der Waals surface area contributed by atoms with E-state index in [4.69, 9.17) is 0 Å². The molecule has 2 aromatic rings. The highest BCUT2D eigenvalue weighted by Gasteiger charge is 2.30. The van der Waals surface area contributed by atoms with Crippen LogP contribution in [0.4, 0.5) is 0 Å². The second-order valence-electron chi connectivity index (χ2n) is 7.26. The normalized spacial score (nSPS) is 19.3. The van der Waals surface area contributed by atoms with E-state index in [0.29, 0.717) is 18.1 Å². The predicted octanol–water partition coefficient (Wildman–Crippen LogP) is 1.23. The minimum atomic E-state index is -0.197. The molecule has 4 rings (SSSR count). The number of amides is 1. The summed E-state index contributed by atoms with van der Waals surface area (Å²) in [7, 11) is 0. The monoisotopic (exact) mass is 356 g/mol. The Morgan fingerprint density at radius 3 is 2.81 bits per heavy atom. The highest BCUT2D eigenvalue weighted by atomic mass is 16.3. The minimum absolute atomic E-state index is 0.000383. The molecule has 138 valence electrons. The van der Waals surface area contributed by atoms with Gasteiger partial charge < -0.3 is 10.0 Å². The van der Waals surface area contributed by atoms with Crippen molar-refractivity contribution < 1.29 is 9.90 Å². The second-order valence-corrected chi connectivity index (χ2v) is 7.26. The number of fused-ring (bicyclic) bond motifs is 1. The van der Waals surface area contributed by atoms with Crippen LogP contribution in [0.1, 0.15) is 31.4 Å². The second kappa shape index (κ2) is 7.07. The van der Waals surface area contributed by atoms with Crippen molar-refractivity contribution in [3.05, 3.63) is 40.4 Å². The zero-order valence-electron chi connectivity index (χ0n) is 14.8. The van der Waals surface area contributed by atoms with Gasteiger partial charge in [-0.2, -0.15) is 0 Å². The van der Waals surface area contributed by atoms with Gasteiger partial charge in [-0.25, -0.2) is 4.98 Å². The molecule has 7 heteroatoms. The van der Waals surface area contributed by atoms with Gasteiger partial charge in [0.15, 0.2) is 11.4 Å². The quantitative estimate of drug-likeness (QED) is 0.895. The van der Waals surface area contributed by atoms with Gasteiger partial charge >= 0.3 is 0 Å². The highest BCUT2D eigenvalue weighted by Crippen LogP contribution is 2.28. The average Bonchev–Trinajstić information content (AvgIpc) is 2.80. The summed E-state index contributed by atoms with van der Waals surface area (Å²) >= 11 is 0. The molecule has 7 nitrogen and oxygen atoms in total. The summed E-state index contributed by atoms with van der Waals surface area (Å²) in [5, 5.41) is 9.97. The molecular weight excluding hydrogens is 332 g/mol. The molecule has 0 aromatic carbocycles. The maximum atomic E-state index is 12.4. The Hall–Kier alpha value is -2.41. The number of hydrogen-bond donors (Lipinski definition) is 1. The fraction of sp³-hybridized carbons (Fsp3) is 0.526. The Bertz CT molecular complexity index is 875. The molecule has 1 N–H and O–H groups in total. The molecule has 1 amide bonds. The molecule has 2 aliphatic rings. The maximum Gasteiger partial charge on any atom is 0.258 e. The van der Waals surface area contributed by atoms with E-state index in [-0.39, 0.29) is 22.9 Å². The number of carbonyl (C=O) groups is 1. The first-order chi connectivity index (χ1) is 12.6. The number of pyridine rings is 1. The first-order valence-electron chi connectivity index (χ1n) is 9.33. The van der Waals surface area contributed by atoms with Gasteiger partial charge in [-0.1, -0.05) is 6.42 Å². The van der Waals surface area contributed by atoms with Gasteiger partial charge in [-0.15, -0.1) is 0 Å². The Kier molecular flexibility index (Phi) is 4.63. The van der Waals surface area contributed by atoms with E-state index in [9.17, 15) is 14.7 Å². The molecule has 0 atom stereocenters. The summed E-state index contributed by atoms with van der Waals surface area (Å²) in [4.78, 5) is 33.4. The number of hydrogen-bond acceptors (Lipinski definition) is 5. The largest absolute Gasteiger partial charge is 0.504 e. The molecule has 2 fully saturated rings. The van der Waals surface area contributed by atoms with Crippen LogP contribution in [0, 0.1) is 5.92 Å². The van der Waals surface area contributed by atoms with Crippen molar-refractivity contribution in [2.24, 2.45) is 5.92 Å². The first-order valence-corrected chi connectivity index (χ1v) is 9.33. The van der Waals surface area contributed by atoms with Crippen LogP contribution in [0.15, 0.2) is 29.2 Å². The number of aromatic hydroxyl groups is 1. The van der Waals surface area contributed by atoms with Crippen LogP contribution in [0.2, 0.25) is 0 Å². The van der Waals surface area contributed by atoms with Crippen LogP contribution in [0.25, 0.3) is 5.65 Å². The summed E-state index contributed by atoms with van der Waals surface area (Å²) in [6.07, 6.45) is 5.77. The molecule has 0 bridgehead atoms. The van der Waals surface area contributed by atoms with Crippen molar-refractivity contribution in [1.82, 2.24) is 19.2 Å². The summed E-state index contributed by atoms with van der Waals surface area (Å²) in [5.41, 5.74) is 0.736. The Balaban J connectivity index is 1.46. The van der Waals surface area contributed by atoms with Crippen molar-refractivity contribution in [3.8, 4) is 5.75 Å². The summed E-state index contributed by atoms with van der Waals surface area (Å²) in [6.45, 7) is 3.73. The van der Waals surface area contributed by atoms with Crippen LogP contribution >= 0.6 is 0 Å². The molecule has 1 saturated heterocycles. The van der Waals surface area contributed by atoms with Gasteiger partial charge in [0.2, 0.25) is 5.91 Å². The van der Waals surface area contributed by atoms with E-state index < -0.39 is 0 Å². The van der Waals surface area contributed by atoms with E-state index in [0.717, 1.165) is 45.4 Å². The van der Waals surface area contributed by atoms with E-state index in [1.165, 1.54) is 23.0 Å². The van der Waals surface area contributed by atoms with Crippen LogP contribution in [0.5, 0.6) is 5.75 Å². The molecule has 0 spiro atoms. The van der Waals surface area contributed by atoms with Gasteiger partial charge in [0.1, 0.15) is 0 Å². The molecule has 3 heterocycles. The van der Waals surface area contributed by atoms with Gasteiger partial charge in [-0.05, 0) is 31.4 Å². The zero-order valence-corrected chi connectivity index (χ0v) is 14.8. The van der Waals surface area contributed by atoms with Crippen molar-refractivity contribution in [3.63, 3.8) is 0 Å². The van der Waals surface area contributed by atoms with Gasteiger partial charge in [-0.3, -0.25) is 18.9 Å². The van der Waals surface area contributed by atoms with Crippen molar-refractivity contribution >= 4 is 11.6 Å². The standard InChI is InChI=1S/C19H24N4O3/c24-16-6-2-9-23-17(25)12-15(20-18(16)23)13-21-7-3-8-22(11-10-21)19(26)14-4-1-5-14/h2,6,9,12,14,24H,1,3-5,7-8,10-11,13H2. The Morgan fingerprint density at radius 1 is 1.19 bits per heavy atom. The summed E-state index contributed by atoms with van der Waals surface area (Å²) in [6, 6.07) is 4.67. The number of rotatable bonds is 3. The third-order valence-electron chi connectivity index (χ3n) is 5.46. The van der Waals surface area contributed by atoms with Gasteiger partial charge in [0.25, 0.3) is 5.56 Å². The lowest BCUT2D eigenvalue weighted by Crippen LogP contribution is -2.41. The SMILES string of the molecule is O=C(C1CCC1)N1CCCN(Cc2cc(=O)n3cccc(O)c3n2)CC1. The molecule has 1 aliphatic carbocycles. The fourth-order valence-electron chi connectivity index (χ4n) is 3.73. The van der Waals surface area contributed by atoms with Gasteiger partial charge in [0, 0.05) is 50.9 Å². The topological polar surface area (TPSA) is 78.2 Å². The van der Waals surface area contributed by atoms with E-state index in [1.807, 2.05) is 4.90 Å². The van der Waals surface area contributed by atoms with Crippen LogP contribution in [0.3, 0.4) is 0 Å². The third kappa shape index (κ3) is 3.31. The van der Waals surface area contributed by atoms with Gasteiger partial charge in [0.05, 0.1) is 5.69 Å². The van der Waals surface area contributed by atoms with Crippen LogP contribution < -0.4 is 5.56 Å². The van der Waals surface area contributed by atoms with Crippen LogP contribution in [-0.2, 0) is 11.3 Å². The smallest absolute Gasteiger partial charge is 0.258 e. The van der Waals surface area contributed by atoms with E-state index in [2.05, 4.69) is 9.88 Å². The number of aromatic nitrogens is 2. The molecular formula is C19H24N4O3. The minimum Gasteiger partial charge on any atom is -0.504 e. The Morgan fingerprint density at radius 2 is 2.04 bits per heavy atom. The molecule has 0 unspecified atom stereocenters. The lowest BCUT2D eigenvalue weighted by atomic mass is 9.84. The fourth-order valence-corrected chi connectivity index (χ4v) is 3.73. The molecule has 1 aliphatic heterocycles. The zero-order chi connectivity index (χ0) is 18.1. The van der Waals surface area contributed by atoms with Crippen LogP contribution in [-0.4, -0.2) is 56.4 Å². The lowest BCUT2D eigenvalue weighted by molar-refractivity contribution is -0.138. The molecule has 26 heavy (non-hydrogen) atoms. The Labute approximate surface area is 151 Å². The van der Waals surface area contributed by atoms with E-state index in [1.54, 1.807) is 12.3 Å². The molecule has 0 radical (unpaired) electrons. The maximum absolute atomic E-state index is 12.4.